The highest BCUT2D eigenvalue weighted by Gasteiger charge is 2.17. The summed E-state index contributed by atoms with van der Waals surface area (Å²) in [5.41, 5.74) is 2.02. The van der Waals surface area contributed by atoms with Gasteiger partial charge in [0.2, 0.25) is 0 Å². The van der Waals surface area contributed by atoms with E-state index < -0.39 is 0 Å². The summed E-state index contributed by atoms with van der Waals surface area (Å²) < 4.78 is 16.4. The molecule has 0 spiro atoms. The van der Waals surface area contributed by atoms with Crippen molar-refractivity contribution in [1.29, 1.82) is 0 Å². The molecule has 0 saturated carbocycles. The summed E-state index contributed by atoms with van der Waals surface area (Å²) >= 11 is 1.54. The van der Waals surface area contributed by atoms with Crippen LogP contribution in [0.1, 0.15) is 0 Å². The molecule has 0 fully saturated rings. The van der Waals surface area contributed by atoms with Crippen molar-refractivity contribution >= 4 is 42.4 Å². The number of hydrogen-bond donors (Lipinski definition) is 1. The third-order valence-corrected chi connectivity index (χ3v) is 5.55. The molecule has 0 radical (unpaired) electrons. The van der Waals surface area contributed by atoms with E-state index in [0.29, 0.717) is 11.1 Å². The molecule has 0 bridgehead atoms. The third kappa shape index (κ3) is 2.11. The smallest absolute Gasteiger partial charge is 0.142 e. The maximum Gasteiger partial charge on any atom is 0.142 e. The van der Waals surface area contributed by atoms with Gasteiger partial charge >= 0.3 is 0 Å². The minimum Gasteiger partial charge on any atom is -0.506 e. The third-order valence-electron chi connectivity index (χ3n) is 4.43. The van der Waals surface area contributed by atoms with Crippen LogP contribution in [-0.2, 0) is 0 Å². The van der Waals surface area contributed by atoms with Crippen molar-refractivity contribution in [3.63, 3.8) is 0 Å². The Morgan fingerprint density at radius 3 is 2.48 bits per heavy atom. The number of thiophene rings is 1. The molecule has 0 unspecified atom stereocenters. The minimum absolute atomic E-state index is 0.0990. The van der Waals surface area contributed by atoms with Crippen LogP contribution < -0.4 is 0 Å². The summed E-state index contributed by atoms with van der Waals surface area (Å²) in [7, 11) is 0. The number of nitrogens with zero attached hydrogens (tertiary/aromatic N) is 1. The summed E-state index contributed by atoms with van der Waals surface area (Å²) in [5.74, 6) is -0.154. The molecule has 2 heterocycles. The van der Waals surface area contributed by atoms with Gasteiger partial charge in [0.05, 0.1) is 5.52 Å². The summed E-state index contributed by atoms with van der Waals surface area (Å²) in [5, 5.41) is 12.8. The zero-order valence-corrected chi connectivity index (χ0v) is 13.8. The molecule has 5 aromatic rings. The van der Waals surface area contributed by atoms with E-state index in [1.807, 2.05) is 48.5 Å². The summed E-state index contributed by atoms with van der Waals surface area (Å²) in [4.78, 5) is 4.64. The van der Waals surface area contributed by atoms with Gasteiger partial charge in [-0.1, -0.05) is 36.4 Å². The first-order valence-electron chi connectivity index (χ1n) is 7.91. The Hall–Kier alpha value is -2.98. The van der Waals surface area contributed by atoms with E-state index >= 15 is 0 Å². The first kappa shape index (κ1) is 14.4. The molecule has 0 aliphatic carbocycles. The highest BCUT2D eigenvalue weighted by Crippen LogP contribution is 2.42. The molecule has 2 nitrogen and oxygen atoms in total. The Labute approximate surface area is 146 Å². The van der Waals surface area contributed by atoms with Crippen molar-refractivity contribution in [2.75, 3.05) is 0 Å². The topological polar surface area (TPSA) is 33.1 Å². The number of fused-ring (bicyclic) bond motifs is 4. The quantitative estimate of drug-likeness (QED) is 0.397. The molecule has 0 aliphatic heterocycles. The summed E-state index contributed by atoms with van der Waals surface area (Å²) in [6.45, 7) is 0. The van der Waals surface area contributed by atoms with Gasteiger partial charge in [0.1, 0.15) is 17.3 Å². The number of para-hydroxylation sites is 1. The van der Waals surface area contributed by atoms with Crippen LogP contribution in [0.4, 0.5) is 4.39 Å². The van der Waals surface area contributed by atoms with Crippen LogP contribution in [0.5, 0.6) is 5.75 Å². The number of halogens is 1. The van der Waals surface area contributed by atoms with Crippen molar-refractivity contribution < 1.29 is 9.50 Å². The second-order valence-electron chi connectivity index (χ2n) is 5.94. The lowest BCUT2D eigenvalue weighted by Crippen LogP contribution is -1.88. The normalized spacial score (nSPS) is 11.6. The second-order valence-corrected chi connectivity index (χ2v) is 7.03. The van der Waals surface area contributed by atoms with E-state index in [9.17, 15) is 9.50 Å². The second kappa shape index (κ2) is 5.26. The number of benzene rings is 3. The van der Waals surface area contributed by atoms with Gasteiger partial charge in [-0.05, 0) is 30.3 Å². The molecule has 3 aromatic carbocycles. The van der Waals surface area contributed by atoms with Gasteiger partial charge in [-0.2, -0.15) is 0 Å². The van der Waals surface area contributed by atoms with E-state index in [4.69, 9.17) is 0 Å². The van der Waals surface area contributed by atoms with Crippen LogP contribution >= 0.6 is 11.3 Å². The molecule has 120 valence electrons. The fourth-order valence-electron chi connectivity index (χ4n) is 3.32. The van der Waals surface area contributed by atoms with Gasteiger partial charge in [0, 0.05) is 31.1 Å². The van der Waals surface area contributed by atoms with E-state index in [2.05, 4.69) is 4.98 Å². The first-order chi connectivity index (χ1) is 12.2. The average molecular weight is 345 g/mol. The molecule has 1 N–H and O–H groups in total. The van der Waals surface area contributed by atoms with Crippen LogP contribution in [-0.4, -0.2) is 10.1 Å². The first-order valence-corrected chi connectivity index (χ1v) is 8.73. The van der Waals surface area contributed by atoms with Crippen LogP contribution in [0, 0.1) is 5.82 Å². The van der Waals surface area contributed by atoms with Crippen molar-refractivity contribution in [3.05, 3.63) is 72.5 Å². The summed E-state index contributed by atoms with van der Waals surface area (Å²) in [6.07, 6.45) is 0. The minimum atomic E-state index is -0.253. The molecule has 0 amide bonds. The number of pyridine rings is 1. The number of rotatable bonds is 1. The van der Waals surface area contributed by atoms with Crippen molar-refractivity contribution in [2.45, 2.75) is 0 Å². The number of hydrogen-bond acceptors (Lipinski definition) is 3. The predicted octanol–water partition coefficient (Wildman–Crippen LogP) is 6.11. The van der Waals surface area contributed by atoms with Crippen LogP contribution in [0.15, 0.2) is 66.7 Å². The molecule has 2 aromatic heterocycles. The fourth-order valence-corrected chi connectivity index (χ4v) is 4.47. The lowest BCUT2D eigenvalue weighted by Gasteiger charge is -2.08. The maximum absolute atomic E-state index is 14.5. The van der Waals surface area contributed by atoms with Gasteiger partial charge in [0.25, 0.3) is 0 Å². The predicted molar refractivity (Wildman–Crippen MR) is 102 cm³/mol. The Morgan fingerprint density at radius 1 is 0.840 bits per heavy atom. The Kier molecular flexibility index (Phi) is 3.02. The molecule has 0 aliphatic rings. The van der Waals surface area contributed by atoms with E-state index in [1.165, 1.54) is 6.07 Å². The van der Waals surface area contributed by atoms with Crippen molar-refractivity contribution in [3.8, 4) is 17.0 Å². The van der Waals surface area contributed by atoms with Crippen molar-refractivity contribution in [2.24, 2.45) is 0 Å². The van der Waals surface area contributed by atoms with E-state index in [0.717, 1.165) is 31.3 Å². The van der Waals surface area contributed by atoms with Crippen molar-refractivity contribution in [1.82, 2.24) is 4.98 Å². The fraction of sp³-hybridized carbons (Fsp3) is 0. The summed E-state index contributed by atoms with van der Waals surface area (Å²) in [6, 6.07) is 20.2. The van der Waals surface area contributed by atoms with Gasteiger partial charge in [-0.25, -0.2) is 9.37 Å². The lowest BCUT2D eigenvalue weighted by atomic mass is 10.0. The number of aromatic nitrogens is 1. The zero-order valence-electron chi connectivity index (χ0n) is 13.0. The SMILES string of the molecule is Oc1cc2ccccc2nc1-c1cccc2sc3cccc(F)c3c12. The molecular weight excluding hydrogens is 333 g/mol. The Morgan fingerprint density at radius 2 is 1.60 bits per heavy atom. The van der Waals surface area contributed by atoms with Crippen LogP contribution in [0.3, 0.4) is 0 Å². The van der Waals surface area contributed by atoms with Crippen LogP contribution in [0.25, 0.3) is 42.3 Å². The number of aromatic hydroxyl groups is 1. The monoisotopic (exact) mass is 345 g/mol. The molecule has 5 rings (SSSR count). The van der Waals surface area contributed by atoms with Gasteiger partial charge in [-0.3, -0.25) is 0 Å². The van der Waals surface area contributed by atoms with Gasteiger partial charge in [-0.15, -0.1) is 11.3 Å². The Balaban J connectivity index is 1.93. The molecule has 25 heavy (non-hydrogen) atoms. The molecular formula is C21H12FNOS. The molecule has 4 heteroatoms. The van der Waals surface area contributed by atoms with Gasteiger partial charge in [0.15, 0.2) is 0 Å². The zero-order chi connectivity index (χ0) is 17.0. The van der Waals surface area contributed by atoms with Gasteiger partial charge < -0.3 is 5.11 Å². The van der Waals surface area contributed by atoms with Crippen LogP contribution in [0.2, 0.25) is 0 Å². The standard InChI is InChI=1S/C21H12FNOS/c22-14-7-4-10-18-20(14)19-13(6-3-9-17(19)25-18)21-16(24)11-12-5-1-2-8-15(12)23-21/h1-11,24H. The Bertz CT molecular complexity index is 1280. The largest absolute Gasteiger partial charge is 0.506 e. The molecule has 0 saturated heterocycles. The van der Waals surface area contributed by atoms with E-state index in [-0.39, 0.29) is 11.6 Å². The highest BCUT2D eigenvalue weighted by atomic mass is 32.1. The lowest BCUT2D eigenvalue weighted by molar-refractivity contribution is 0.476. The molecule has 0 atom stereocenters. The highest BCUT2D eigenvalue weighted by molar-refractivity contribution is 7.25. The van der Waals surface area contributed by atoms with E-state index in [1.54, 1.807) is 23.5 Å². The average Bonchev–Trinajstić information content (AvgIpc) is 3.01. The maximum atomic E-state index is 14.5.